The van der Waals surface area contributed by atoms with Gasteiger partial charge in [0.2, 0.25) is 0 Å². The van der Waals surface area contributed by atoms with Gasteiger partial charge in [-0.2, -0.15) is 12.1 Å². The molecule has 0 saturated carbocycles. The van der Waals surface area contributed by atoms with E-state index in [0.29, 0.717) is 0 Å². The average molecular weight is 979 g/mol. The second-order valence-corrected chi connectivity index (χ2v) is 25.6. The fourth-order valence-corrected chi connectivity index (χ4v) is 8.40. The second-order valence-electron chi connectivity index (χ2n) is 20.9. The first kappa shape index (κ1) is 51.2. The molecule has 0 aliphatic carbocycles. The number of benzene rings is 6. The van der Waals surface area contributed by atoms with Gasteiger partial charge in [-0.1, -0.05) is 228 Å². The summed E-state index contributed by atoms with van der Waals surface area (Å²) in [6.45, 7) is 32.0. The Balaban J connectivity index is 0.000000215. The molecule has 0 unspecified atom stereocenters. The third kappa shape index (κ3) is 12.4. The van der Waals surface area contributed by atoms with Crippen molar-refractivity contribution >= 4 is 48.1 Å². The minimum absolute atomic E-state index is 0.0620. The molecule has 0 N–H and O–H groups in total. The first-order valence-corrected chi connectivity index (χ1v) is 30.8. The molecule has 0 amide bonds. The summed E-state index contributed by atoms with van der Waals surface area (Å²) in [5.74, 6) is 0. The maximum absolute atomic E-state index is 4.93. The van der Waals surface area contributed by atoms with Crippen molar-refractivity contribution in [1.82, 2.24) is 0 Å². The number of fused-ring (bicyclic) bond motifs is 2. The summed E-state index contributed by atoms with van der Waals surface area (Å²) in [5.41, 5.74) is 16.5. The van der Waals surface area contributed by atoms with E-state index in [0.717, 1.165) is 9.52 Å². The van der Waals surface area contributed by atoms with Crippen molar-refractivity contribution in [2.45, 2.75) is 118 Å². The molecule has 64 heavy (non-hydrogen) atoms. The molecule has 0 nitrogen and oxygen atoms in total. The Bertz CT molecular complexity index is 2540. The van der Waals surface area contributed by atoms with Crippen molar-refractivity contribution in [2.75, 3.05) is 0 Å². The van der Waals surface area contributed by atoms with Crippen LogP contribution in [0.5, 0.6) is 0 Å². The zero-order valence-corrected chi connectivity index (χ0v) is 45.7. The van der Waals surface area contributed by atoms with Crippen LogP contribution in [0.4, 0.5) is 0 Å². The molecule has 0 aromatic heterocycles. The van der Waals surface area contributed by atoms with Gasteiger partial charge in [0.25, 0.3) is 0 Å². The summed E-state index contributed by atoms with van der Waals surface area (Å²) in [5, 5.41) is 5.40. The predicted octanol–water partition coefficient (Wildman–Crippen LogP) is 19.1. The molecule has 0 spiro atoms. The van der Waals surface area contributed by atoms with Gasteiger partial charge in [0.15, 0.2) is 0 Å². The molecule has 8 aromatic rings. The summed E-state index contributed by atoms with van der Waals surface area (Å²) in [7, 11) is 11.0. The van der Waals surface area contributed by atoms with Gasteiger partial charge in [-0.3, -0.25) is 0 Å². The standard InChI is InChI=1S/2C29H31.C2H6Si.2ClH.Zr/c2*1-28(2,3)22-18-21-16-17-26(29(4,5)6)27(25(21)19-22)24-15-11-10-14-23(24)20-12-8-7-9-13-20;1-3-2;;;/h2*7-19H,1-6H3;1-2H3;2*1H;/q2*-1;;;;+4/p-2. The van der Waals surface area contributed by atoms with E-state index in [1.54, 1.807) is 0 Å². The van der Waals surface area contributed by atoms with Crippen molar-refractivity contribution in [3.8, 4) is 44.5 Å². The van der Waals surface area contributed by atoms with Gasteiger partial charge in [-0.25, -0.2) is 0 Å². The third-order valence-corrected chi connectivity index (χ3v) is 11.7. The Hall–Kier alpha value is -3.78. The van der Waals surface area contributed by atoms with E-state index in [1.165, 1.54) is 88.3 Å². The van der Waals surface area contributed by atoms with Crippen molar-refractivity contribution in [3.63, 3.8) is 0 Å². The van der Waals surface area contributed by atoms with Gasteiger partial charge in [0, 0.05) is 9.52 Å². The molecule has 0 atom stereocenters. The molecule has 8 rings (SSSR count). The van der Waals surface area contributed by atoms with Crippen molar-refractivity contribution in [3.05, 3.63) is 180 Å². The summed E-state index contributed by atoms with van der Waals surface area (Å²) >= 11 is -0.826. The number of halogens is 2. The van der Waals surface area contributed by atoms with Crippen LogP contribution in [0, 0.1) is 0 Å². The molecule has 0 fully saturated rings. The number of hydrogen-bond donors (Lipinski definition) is 0. The first-order chi connectivity index (χ1) is 30.1. The second kappa shape index (κ2) is 21.7. The number of hydrogen-bond acceptors (Lipinski definition) is 0. The molecule has 0 saturated heterocycles. The van der Waals surface area contributed by atoms with Gasteiger partial charge in [-0.15, -0.1) is 69.1 Å². The van der Waals surface area contributed by atoms with Crippen molar-refractivity contribution in [1.29, 1.82) is 0 Å². The zero-order valence-electron chi connectivity index (χ0n) is 40.8. The Morgan fingerprint density at radius 1 is 0.391 bits per heavy atom. The molecule has 330 valence electrons. The van der Waals surface area contributed by atoms with Crippen LogP contribution < -0.4 is 0 Å². The van der Waals surface area contributed by atoms with E-state index in [4.69, 9.17) is 17.0 Å². The van der Waals surface area contributed by atoms with Crippen LogP contribution >= 0.6 is 17.0 Å². The van der Waals surface area contributed by atoms with Crippen LogP contribution in [0.2, 0.25) is 13.1 Å². The Morgan fingerprint density at radius 3 is 0.953 bits per heavy atom. The molecule has 8 aromatic carbocycles. The van der Waals surface area contributed by atoms with Crippen LogP contribution in [0.15, 0.2) is 158 Å². The summed E-state index contributed by atoms with van der Waals surface area (Å²) in [6.07, 6.45) is 0. The van der Waals surface area contributed by atoms with E-state index >= 15 is 0 Å². The quantitative estimate of drug-likeness (QED) is 0.122. The monoisotopic (exact) mass is 976 g/mol. The Kier molecular flexibility index (Phi) is 17.3. The molecule has 0 heterocycles. The normalized spacial score (nSPS) is 11.8. The van der Waals surface area contributed by atoms with Crippen LogP contribution in [-0.2, 0) is 42.5 Å². The van der Waals surface area contributed by atoms with Crippen LogP contribution in [0.3, 0.4) is 0 Å². The maximum atomic E-state index is 4.93. The van der Waals surface area contributed by atoms with Crippen LogP contribution in [0.1, 0.15) is 105 Å². The van der Waals surface area contributed by atoms with Gasteiger partial charge >= 0.3 is 37.9 Å². The van der Waals surface area contributed by atoms with Gasteiger partial charge < -0.3 is 0 Å². The van der Waals surface area contributed by atoms with E-state index in [1.807, 2.05) is 0 Å². The Labute approximate surface area is 408 Å². The van der Waals surface area contributed by atoms with Gasteiger partial charge in [0.1, 0.15) is 0 Å². The Morgan fingerprint density at radius 2 is 0.672 bits per heavy atom. The topological polar surface area (TPSA) is 0 Å². The molecular weight excluding hydrogens is 911 g/mol. The number of rotatable bonds is 4. The summed E-state index contributed by atoms with van der Waals surface area (Å²) < 4.78 is 0. The molecule has 2 radical (unpaired) electrons. The van der Waals surface area contributed by atoms with Gasteiger partial charge in [0.05, 0.1) is 0 Å². The molecule has 0 aliphatic rings. The fourth-order valence-electron chi connectivity index (χ4n) is 8.40. The first-order valence-electron chi connectivity index (χ1n) is 22.5. The average Bonchev–Trinajstić information content (AvgIpc) is 3.90. The van der Waals surface area contributed by atoms with E-state index in [9.17, 15) is 0 Å². The van der Waals surface area contributed by atoms with Crippen LogP contribution in [0.25, 0.3) is 66.1 Å². The minimum atomic E-state index is -0.826. The van der Waals surface area contributed by atoms with Crippen LogP contribution in [-0.4, -0.2) is 9.52 Å². The van der Waals surface area contributed by atoms with Crippen molar-refractivity contribution in [2.24, 2.45) is 0 Å². The SMILES string of the molecule is CC(C)(C)c1cc2c(-c3ccccc3-c3ccccc3)c(C(C)(C)C)ccc2[cH-]1.CC(C)(C)c1cc2c(-c3ccccc3-c3ccccc3)c(C(C)(C)C)ccc2[cH-]1.C[Si]C.[Cl][Zr+2][Cl]. The van der Waals surface area contributed by atoms with E-state index in [-0.39, 0.29) is 21.7 Å². The molecule has 0 aliphatic heterocycles. The predicted molar refractivity (Wildman–Crippen MR) is 285 cm³/mol. The fraction of sp³-hybridized carbons (Fsp3) is 0.300. The van der Waals surface area contributed by atoms with E-state index in [2.05, 4.69) is 254 Å². The zero-order chi connectivity index (χ0) is 47.0. The van der Waals surface area contributed by atoms with Gasteiger partial charge in [-0.05, 0) is 55.0 Å². The molecule has 4 heteroatoms. The summed E-state index contributed by atoms with van der Waals surface area (Å²) in [4.78, 5) is 0. The van der Waals surface area contributed by atoms with E-state index < -0.39 is 20.8 Å². The molecule has 0 bridgehead atoms. The summed E-state index contributed by atoms with van der Waals surface area (Å²) in [6, 6.07) is 58.1. The molecular formula is C60H68Cl2SiZr. The third-order valence-electron chi connectivity index (χ3n) is 11.7. The van der Waals surface area contributed by atoms with Crippen molar-refractivity contribution < 1.29 is 20.8 Å².